The summed E-state index contributed by atoms with van der Waals surface area (Å²) in [6.45, 7) is 8.70. The van der Waals surface area contributed by atoms with Crippen LogP contribution in [0.5, 0.6) is 0 Å². The monoisotopic (exact) mass is 487 g/mol. The second-order valence-electron chi connectivity index (χ2n) is 7.78. The summed E-state index contributed by atoms with van der Waals surface area (Å²) >= 11 is 0. The second kappa shape index (κ2) is 9.53. The number of benzene rings is 2. The predicted molar refractivity (Wildman–Crippen MR) is 106 cm³/mol. The smallest absolute Gasteiger partial charge is 1.00 e. The minimum absolute atomic E-state index is 0. The van der Waals surface area contributed by atoms with Crippen molar-refractivity contribution in [3.05, 3.63) is 78.1 Å². The van der Waals surface area contributed by atoms with E-state index in [4.69, 9.17) is 4.42 Å². The van der Waals surface area contributed by atoms with Gasteiger partial charge < -0.3 is 29.2 Å². The molecule has 1 aromatic heterocycles. The van der Waals surface area contributed by atoms with Gasteiger partial charge in [-0.25, -0.2) is 0 Å². The van der Waals surface area contributed by atoms with Crippen molar-refractivity contribution in [1.29, 1.82) is 0 Å². The predicted octanol–water partition coefficient (Wildman–Crippen LogP) is 1.10. The van der Waals surface area contributed by atoms with Crippen LogP contribution in [0.4, 0.5) is 0 Å². The number of fused-ring (bicyclic) bond motifs is 1. The standard InChI is InChI=1S/C24H23O.2ClH.Zr/c1-16-10-11-18-14-19(21-12-13-22(25-21)24(2,3)4)15-20(18)23(16)17-8-6-5-7-9-17;;;/h5-15H,1-4H3;2*1H;/q-1;;;+3/p-2. The summed E-state index contributed by atoms with van der Waals surface area (Å²) in [6.07, 6.45) is 0. The minimum Gasteiger partial charge on any atom is -1.00 e. The van der Waals surface area contributed by atoms with E-state index in [2.05, 4.69) is 94.4 Å². The number of aryl methyl sites for hydroxylation is 1. The molecule has 0 atom stereocenters. The summed E-state index contributed by atoms with van der Waals surface area (Å²) in [5.74, 6) is 1.96. The number of hydrogen-bond acceptors (Lipinski definition) is 1. The molecule has 0 aliphatic carbocycles. The maximum absolute atomic E-state index is 6.14. The molecule has 0 fully saturated rings. The summed E-state index contributed by atoms with van der Waals surface area (Å²) in [6, 6.07) is 23.7. The first-order valence-electron chi connectivity index (χ1n) is 8.79. The van der Waals surface area contributed by atoms with Crippen LogP contribution in [-0.4, -0.2) is 0 Å². The molecular weight excluding hydrogens is 466 g/mol. The van der Waals surface area contributed by atoms with Crippen molar-refractivity contribution in [3.8, 4) is 22.5 Å². The van der Waals surface area contributed by atoms with Crippen LogP contribution in [-0.2, 0) is 31.6 Å². The van der Waals surface area contributed by atoms with E-state index in [1.54, 1.807) is 0 Å². The summed E-state index contributed by atoms with van der Waals surface area (Å²) in [7, 11) is 0. The van der Waals surface area contributed by atoms with E-state index in [1.165, 1.54) is 27.5 Å². The van der Waals surface area contributed by atoms with E-state index in [0.717, 1.165) is 17.1 Å². The van der Waals surface area contributed by atoms with E-state index < -0.39 is 0 Å². The first kappa shape index (κ1) is 24.8. The Morgan fingerprint density at radius 3 is 2.14 bits per heavy atom. The van der Waals surface area contributed by atoms with Gasteiger partial charge in [-0.05, 0) is 30.2 Å². The zero-order chi connectivity index (χ0) is 17.6. The van der Waals surface area contributed by atoms with Crippen LogP contribution in [0.25, 0.3) is 33.2 Å². The molecule has 0 unspecified atom stereocenters. The number of halogens is 2. The van der Waals surface area contributed by atoms with Crippen molar-refractivity contribution in [3.63, 3.8) is 0 Å². The third-order valence-electron chi connectivity index (χ3n) is 4.79. The van der Waals surface area contributed by atoms with E-state index in [0.29, 0.717) is 0 Å². The van der Waals surface area contributed by atoms with Gasteiger partial charge in [0.15, 0.2) is 0 Å². The Hall–Kier alpha value is -1.21. The topological polar surface area (TPSA) is 13.1 Å². The van der Waals surface area contributed by atoms with Gasteiger partial charge in [0.2, 0.25) is 0 Å². The first-order chi connectivity index (χ1) is 11.9. The molecule has 0 spiro atoms. The van der Waals surface area contributed by atoms with E-state index in [9.17, 15) is 0 Å². The Balaban J connectivity index is 0.00000131. The minimum atomic E-state index is 0. The van der Waals surface area contributed by atoms with Crippen molar-refractivity contribution in [2.45, 2.75) is 33.1 Å². The van der Waals surface area contributed by atoms with Crippen LogP contribution in [0.2, 0.25) is 0 Å². The molecule has 3 aromatic carbocycles. The number of furan rings is 1. The van der Waals surface area contributed by atoms with Crippen LogP contribution in [0.15, 0.2) is 71.1 Å². The maximum atomic E-state index is 6.14. The SMILES string of the molecule is Cc1ccc2[cH-]c(-c3ccc(C(C)(C)C)o3)cc2c1-c1ccccc1.[Cl-].[Cl-].[Zr+3]. The van der Waals surface area contributed by atoms with Crippen LogP contribution < -0.4 is 24.8 Å². The Morgan fingerprint density at radius 1 is 0.857 bits per heavy atom. The summed E-state index contributed by atoms with van der Waals surface area (Å²) in [4.78, 5) is 0. The molecule has 0 bridgehead atoms. The largest absolute Gasteiger partial charge is 3.00 e. The van der Waals surface area contributed by atoms with Crippen molar-refractivity contribution in [2.24, 2.45) is 0 Å². The molecule has 1 radical (unpaired) electrons. The zero-order valence-corrected chi connectivity index (χ0v) is 20.5. The molecule has 1 heterocycles. The van der Waals surface area contributed by atoms with Crippen molar-refractivity contribution < 1.29 is 55.4 Å². The van der Waals surface area contributed by atoms with Gasteiger partial charge in [-0.15, -0.1) is 29.0 Å². The normalized spacial score (nSPS) is 10.7. The average Bonchev–Trinajstić information content (AvgIpc) is 3.22. The third kappa shape index (κ3) is 4.68. The van der Waals surface area contributed by atoms with Gasteiger partial charge in [-0.2, -0.15) is 0 Å². The molecule has 4 aromatic rings. The molecule has 4 heteroatoms. The van der Waals surface area contributed by atoms with Crippen LogP contribution >= 0.6 is 0 Å². The van der Waals surface area contributed by atoms with Crippen LogP contribution in [0.1, 0.15) is 32.1 Å². The number of hydrogen-bond donors (Lipinski definition) is 0. The molecular formula is C24H23Cl2OZr. The third-order valence-corrected chi connectivity index (χ3v) is 4.79. The molecule has 0 aliphatic rings. The maximum Gasteiger partial charge on any atom is 3.00 e. The summed E-state index contributed by atoms with van der Waals surface area (Å²) in [5.41, 5.74) is 5.04. The molecule has 0 saturated heterocycles. The Labute approximate surface area is 198 Å². The van der Waals surface area contributed by atoms with Gasteiger partial charge in [0.1, 0.15) is 0 Å². The molecule has 0 amide bonds. The quantitative estimate of drug-likeness (QED) is 0.385. The second-order valence-corrected chi connectivity index (χ2v) is 7.78. The Bertz CT molecular complexity index is 1040. The molecule has 0 N–H and O–H groups in total. The summed E-state index contributed by atoms with van der Waals surface area (Å²) in [5, 5.41) is 2.54. The zero-order valence-electron chi connectivity index (χ0n) is 16.5. The van der Waals surface area contributed by atoms with Gasteiger partial charge in [0.05, 0.1) is 11.5 Å². The number of rotatable bonds is 2. The Kier molecular flexibility index (Phi) is 8.45. The van der Waals surface area contributed by atoms with E-state index >= 15 is 0 Å². The van der Waals surface area contributed by atoms with E-state index in [-0.39, 0.29) is 56.4 Å². The molecule has 0 aliphatic heterocycles. The van der Waals surface area contributed by atoms with Crippen molar-refractivity contribution in [2.75, 3.05) is 0 Å². The van der Waals surface area contributed by atoms with Crippen LogP contribution in [0.3, 0.4) is 0 Å². The van der Waals surface area contributed by atoms with E-state index in [1.807, 2.05) is 0 Å². The fourth-order valence-electron chi connectivity index (χ4n) is 3.42. The molecule has 1 nitrogen and oxygen atoms in total. The Morgan fingerprint density at radius 2 is 1.54 bits per heavy atom. The summed E-state index contributed by atoms with van der Waals surface area (Å²) < 4.78 is 6.14. The molecule has 143 valence electrons. The van der Waals surface area contributed by atoms with Gasteiger partial charge in [-0.3, -0.25) is 0 Å². The fraction of sp³-hybridized carbons (Fsp3) is 0.208. The van der Waals surface area contributed by atoms with Gasteiger partial charge in [-0.1, -0.05) is 68.3 Å². The molecule has 0 saturated carbocycles. The van der Waals surface area contributed by atoms with Gasteiger partial charge in [0.25, 0.3) is 0 Å². The van der Waals surface area contributed by atoms with Crippen molar-refractivity contribution in [1.82, 2.24) is 0 Å². The fourth-order valence-corrected chi connectivity index (χ4v) is 3.42. The van der Waals surface area contributed by atoms with Gasteiger partial charge >= 0.3 is 26.2 Å². The average molecular weight is 490 g/mol. The first-order valence-corrected chi connectivity index (χ1v) is 8.79. The molecule has 28 heavy (non-hydrogen) atoms. The molecule has 4 rings (SSSR count). The van der Waals surface area contributed by atoms with Crippen LogP contribution in [0, 0.1) is 6.92 Å². The van der Waals surface area contributed by atoms with Crippen molar-refractivity contribution >= 4 is 10.8 Å². The van der Waals surface area contributed by atoms with Gasteiger partial charge in [0, 0.05) is 5.41 Å².